The molecule has 3 heteroatoms. The zero-order chi connectivity index (χ0) is 15.1. The van der Waals surface area contributed by atoms with Gasteiger partial charge in [-0.3, -0.25) is 0 Å². The van der Waals surface area contributed by atoms with Gasteiger partial charge in [0.1, 0.15) is 0 Å². The molecule has 2 fully saturated rings. The van der Waals surface area contributed by atoms with E-state index in [2.05, 4.69) is 35.9 Å². The van der Waals surface area contributed by atoms with Crippen molar-refractivity contribution in [3.8, 4) is 0 Å². The first-order valence-electron chi connectivity index (χ1n) is 9.39. The van der Waals surface area contributed by atoms with Crippen molar-refractivity contribution >= 4 is 0 Å². The third-order valence-electron chi connectivity index (χ3n) is 5.32. The summed E-state index contributed by atoms with van der Waals surface area (Å²) in [6.45, 7) is 14.8. The average Bonchev–Trinajstić information content (AvgIpc) is 2.48. The molecule has 0 aliphatic carbocycles. The predicted octanol–water partition coefficient (Wildman–Crippen LogP) is 2.96. The molecule has 0 radical (unpaired) electrons. The lowest BCUT2D eigenvalue weighted by atomic mass is 9.91. The van der Waals surface area contributed by atoms with Crippen molar-refractivity contribution < 1.29 is 0 Å². The highest BCUT2D eigenvalue weighted by atomic mass is 15.2. The fourth-order valence-corrected chi connectivity index (χ4v) is 4.19. The number of nitrogens with zero attached hydrogens (tertiary/aromatic N) is 2. The average molecular weight is 296 g/mol. The van der Waals surface area contributed by atoms with Crippen LogP contribution in [0.5, 0.6) is 0 Å². The van der Waals surface area contributed by atoms with E-state index in [1.165, 1.54) is 77.8 Å². The molecule has 0 spiro atoms. The first-order chi connectivity index (χ1) is 10.2. The van der Waals surface area contributed by atoms with Gasteiger partial charge in [0, 0.05) is 25.2 Å². The van der Waals surface area contributed by atoms with E-state index in [4.69, 9.17) is 0 Å². The lowest BCUT2D eigenvalue weighted by Gasteiger charge is -2.38. The van der Waals surface area contributed by atoms with Gasteiger partial charge >= 0.3 is 0 Å². The smallest absolute Gasteiger partial charge is 0.0169 e. The van der Waals surface area contributed by atoms with Crippen molar-refractivity contribution in [1.29, 1.82) is 0 Å². The molecule has 0 saturated carbocycles. The Morgan fingerprint density at radius 3 is 2.43 bits per heavy atom. The van der Waals surface area contributed by atoms with Crippen molar-refractivity contribution in [1.82, 2.24) is 15.1 Å². The van der Waals surface area contributed by atoms with Gasteiger partial charge in [0.2, 0.25) is 0 Å². The first kappa shape index (κ1) is 17.2. The fraction of sp³-hybridized carbons (Fsp3) is 1.00. The minimum atomic E-state index is 0.625. The van der Waals surface area contributed by atoms with E-state index in [1.54, 1.807) is 0 Å². The topological polar surface area (TPSA) is 18.5 Å². The van der Waals surface area contributed by atoms with Gasteiger partial charge in [-0.05, 0) is 78.0 Å². The molecule has 0 bridgehead atoms. The Bertz CT molecular complexity index is 274. The van der Waals surface area contributed by atoms with Crippen molar-refractivity contribution in [2.24, 2.45) is 5.92 Å². The van der Waals surface area contributed by atoms with Crippen LogP contribution >= 0.6 is 0 Å². The Morgan fingerprint density at radius 1 is 1.00 bits per heavy atom. The Balaban J connectivity index is 1.70. The molecule has 21 heavy (non-hydrogen) atoms. The highest BCUT2D eigenvalue weighted by Gasteiger charge is 2.25. The Kier molecular flexibility index (Phi) is 7.48. The van der Waals surface area contributed by atoms with E-state index >= 15 is 0 Å². The molecule has 0 amide bonds. The van der Waals surface area contributed by atoms with Crippen LogP contribution in [-0.2, 0) is 0 Å². The van der Waals surface area contributed by atoms with E-state index in [0.29, 0.717) is 12.1 Å². The number of likely N-dealkylation sites (tertiary alicyclic amines) is 2. The van der Waals surface area contributed by atoms with Gasteiger partial charge in [0.05, 0.1) is 0 Å². The van der Waals surface area contributed by atoms with Crippen LogP contribution in [0.3, 0.4) is 0 Å². The van der Waals surface area contributed by atoms with E-state index in [0.717, 1.165) is 5.92 Å². The molecule has 2 aliphatic rings. The maximum Gasteiger partial charge on any atom is 0.0169 e. The molecular weight excluding hydrogens is 258 g/mol. The molecule has 3 unspecified atom stereocenters. The SMILES string of the molecule is CCCN1CCCC(C(C)NC(C)CN2CCCCC2)C1. The summed E-state index contributed by atoms with van der Waals surface area (Å²) in [6.07, 6.45) is 8.32. The largest absolute Gasteiger partial charge is 0.310 e. The summed E-state index contributed by atoms with van der Waals surface area (Å²) in [4.78, 5) is 5.32. The van der Waals surface area contributed by atoms with Crippen LogP contribution in [-0.4, -0.2) is 61.2 Å². The number of hydrogen-bond donors (Lipinski definition) is 1. The molecule has 2 aliphatic heterocycles. The summed E-state index contributed by atoms with van der Waals surface area (Å²) in [5, 5.41) is 3.89. The van der Waals surface area contributed by atoms with Gasteiger partial charge in [-0.25, -0.2) is 0 Å². The zero-order valence-electron chi connectivity index (χ0n) is 14.6. The molecule has 2 heterocycles. The van der Waals surface area contributed by atoms with Crippen LogP contribution in [0.1, 0.15) is 59.3 Å². The van der Waals surface area contributed by atoms with E-state index in [1.807, 2.05) is 0 Å². The second-order valence-electron chi connectivity index (χ2n) is 7.42. The summed E-state index contributed by atoms with van der Waals surface area (Å²) in [5.74, 6) is 0.842. The second-order valence-corrected chi connectivity index (χ2v) is 7.42. The van der Waals surface area contributed by atoms with E-state index in [9.17, 15) is 0 Å². The normalized spacial score (nSPS) is 28.4. The van der Waals surface area contributed by atoms with Crippen molar-refractivity contribution in [3.63, 3.8) is 0 Å². The minimum absolute atomic E-state index is 0.625. The van der Waals surface area contributed by atoms with Crippen LogP contribution in [0.2, 0.25) is 0 Å². The summed E-state index contributed by atoms with van der Waals surface area (Å²) in [7, 11) is 0. The Hall–Kier alpha value is -0.120. The van der Waals surface area contributed by atoms with Crippen LogP contribution in [0, 0.1) is 5.92 Å². The summed E-state index contributed by atoms with van der Waals surface area (Å²) in [5.41, 5.74) is 0. The lowest BCUT2D eigenvalue weighted by Crippen LogP contribution is -2.50. The molecule has 1 N–H and O–H groups in total. The van der Waals surface area contributed by atoms with Gasteiger partial charge in [0.15, 0.2) is 0 Å². The number of nitrogens with one attached hydrogen (secondary N) is 1. The Morgan fingerprint density at radius 2 is 1.71 bits per heavy atom. The third-order valence-corrected chi connectivity index (χ3v) is 5.32. The molecule has 3 atom stereocenters. The quantitative estimate of drug-likeness (QED) is 0.779. The molecule has 2 rings (SSSR count). The molecule has 0 aromatic rings. The zero-order valence-corrected chi connectivity index (χ0v) is 14.6. The van der Waals surface area contributed by atoms with Crippen LogP contribution < -0.4 is 5.32 Å². The molecule has 2 saturated heterocycles. The number of piperidine rings is 2. The summed E-state index contributed by atoms with van der Waals surface area (Å²) in [6, 6.07) is 1.28. The maximum absolute atomic E-state index is 3.89. The molecule has 0 aromatic heterocycles. The summed E-state index contributed by atoms with van der Waals surface area (Å²) < 4.78 is 0. The Labute approximate surface area is 132 Å². The molecular formula is C18H37N3. The van der Waals surface area contributed by atoms with Gasteiger partial charge in [-0.2, -0.15) is 0 Å². The van der Waals surface area contributed by atoms with Crippen LogP contribution in [0.15, 0.2) is 0 Å². The first-order valence-corrected chi connectivity index (χ1v) is 9.39. The predicted molar refractivity (Wildman–Crippen MR) is 91.8 cm³/mol. The monoisotopic (exact) mass is 295 g/mol. The number of rotatable bonds is 7. The molecule has 124 valence electrons. The van der Waals surface area contributed by atoms with Gasteiger partial charge in [-0.1, -0.05) is 13.3 Å². The standard InChI is InChI=1S/C18H37N3/c1-4-10-20-13-8-9-18(15-20)17(3)19-16(2)14-21-11-6-5-7-12-21/h16-19H,4-15H2,1-3H3. The minimum Gasteiger partial charge on any atom is -0.310 e. The number of hydrogen-bond acceptors (Lipinski definition) is 3. The highest BCUT2D eigenvalue weighted by Crippen LogP contribution is 2.20. The van der Waals surface area contributed by atoms with E-state index in [-0.39, 0.29) is 0 Å². The van der Waals surface area contributed by atoms with Gasteiger partial charge in [-0.15, -0.1) is 0 Å². The third kappa shape index (κ3) is 5.88. The van der Waals surface area contributed by atoms with Crippen LogP contribution in [0.25, 0.3) is 0 Å². The summed E-state index contributed by atoms with van der Waals surface area (Å²) >= 11 is 0. The molecule has 3 nitrogen and oxygen atoms in total. The fourth-order valence-electron chi connectivity index (χ4n) is 4.19. The lowest BCUT2D eigenvalue weighted by molar-refractivity contribution is 0.140. The maximum atomic E-state index is 3.89. The second kappa shape index (κ2) is 9.12. The van der Waals surface area contributed by atoms with E-state index < -0.39 is 0 Å². The van der Waals surface area contributed by atoms with Crippen LogP contribution in [0.4, 0.5) is 0 Å². The van der Waals surface area contributed by atoms with Gasteiger partial charge in [0.25, 0.3) is 0 Å². The molecule has 0 aromatic carbocycles. The van der Waals surface area contributed by atoms with Crippen molar-refractivity contribution in [2.75, 3.05) is 39.3 Å². The van der Waals surface area contributed by atoms with Crippen molar-refractivity contribution in [2.45, 2.75) is 71.4 Å². The highest BCUT2D eigenvalue weighted by molar-refractivity contribution is 4.83. The van der Waals surface area contributed by atoms with Crippen molar-refractivity contribution in [3.05, 3.63) is 0 Å². The van der Waals surface area contributed by atoms with Gasteiger partial charge < -0.3 is 15.1 Å².